The molecule has 7 nitrogen and oxygen atoms in total. The van der Waals surface area contributed by atoms with Gasteiger partial charge in [-0.1, -0.05) is 66.4 Å². The van der Waals surface area contributed by atoms with Gasteiger partial charge in [0.1, 0.15) is 0 Å². The first-order valence-electron chi connectivity index (χ1n) is 11.4. The fourth-order valence-corrected chi connectivity index (χ4v) is 4.83. The van der Waals surface area contributed by atoms with Crippen molar-refractivity contribution in [1.29, 1.82) is 0 Å². The summed E-state index contributed by atoms with van der Waals surface area (Å²) in [6, 6.07) is 18.6. The van der Waals surface area contributed by atoms with Crippen molar-refractivity contribution in [3.63, 3.8) is 0 Å². The van der Waals surface area contributed by atoms with E-state index in [1.165, 1.54) is 17.3 Å². The van der Waals surface area contributed by atoms with E-state index in [1.807, 2.05) is 18.2 Å². The van der Waals surface area contributed by atoms with Gasteiger partial charge in [-0.05, 0) is 25.0 Å². The number of rotatable bonds is 9. The Hall–Kier alpha value is -2.68. The Morgan fingerprint density at radius 1 is 1.15 bits per heavy atom. The van der Waals surface area contributed by atoms with Crippen LogP contribution in [0.2, 0.25) is 0 Å². The number of carbonyl (C=O) groups excluding carboxylic acids is 1. The molecule has 1 aromatic heterocycles. The van der Waals surface area contributed by atoms with E-state index in [9.17, 15) is 4.79 Å². The van der Waals surface area contributed by atoms with E-state index < -0.39 is 0 Å². The van der Waals surface area contributed by atoms with Gasteiger partial charge in [0, 0.05) is 38.3 Å². The van der Waals surface area contributed by atoms with Gasteiger partial charge in [-0.25, -0.2) is 0 Å². The van der Waals surface area contributed by atoms with Gasteiger partial charge in [0.05, 0.1) is 18.5 Å². The molecule has 1 aliphatic heterocycles. The third-order valence-corrected chi connectivity index (χ3v) is 6.72. The maximum atomic E-state index is 12.5. The predicted molar refractivity (Wildman–Crippen MR) is 131 cm³/mol. The molecule has 0 bridgehead atoms. The summed E-state index contributed by atoms with van der Waals surface area (Å²) in [5.74, 6) is 1.12. The summed E-state index contributed by atoms with van der Waals surface area (Å²) in [7, 11) is 0. The topological polar surface area (TPSA) is 72.3 Å². The van der Waals surface area contributed by atoms with E-state index in [-0.39, 0.29) is 12.0 Å². The van der Waals surface area contributed by atoms with Crippen molar-refractivity contribution in [2.24, 2.45) is 0 Å². The summed E-state index contributed by atoms with van der Waals surface area (Å²) in [6.45, 7) is 8.70. The number of nitrogens with zero attached hydrogens (tertiary/aromatic N) is 4. The molecular formula is C25H31N5O2S. The summed E-state index contributed by atoms with van der Waals surface area (Å²) in [6.07, 6.45) is 0.00312. The molecule has 4 rings (SSSR count). The Morgan fingerprint density at radius 2 is 1.94 bits per heavy atom. The van der Waals surface area contributed by atoms with Gasteiger partial charge in [-0.15, -0.1) is 10.2 Å². The number of nitrogens with one attached hydrogen (secondary N) is 1. The number of aromatic nitrogens is 3. The van der Waals surface area contributed by atoms with Crippen LogP contribution < -0.4 is 5.32 Å². The SMILES string of the molecule is CCn1c(SCC(=O)NCC2CN(Cc3ccccc3)CCO2)nnc1-c1ccccc1C. The Morgan fingerprint density at radius 3 is 2.73 bits per heavy atom. The Labute approximate surface area is 199 Å². The number of hydrogen-bond acceptors (Lipinski definition) is 6. The van der Waals surface area contributed by atoms with Crippen molar-refractivity contribution < 1.29 is 9.53 Å². The van der Waals surface area contributed by atoms with Crippen LogP contribution in [0.15, 0.2) is 59.8 Å². The lowest BCUT2D eigenvalue weighted by Gasteiger charge is -2.33. The average molecular weight is 466 g/mol. The quantitative estimate of drug-likeness (QED) is 0.489. The first kappa shape index (κ1) is 23.5. The molecule has 2 heterocycles. The Balaban J connectivity index is 1.26. The number of ether oxygens (including phenoxy) is 1. The molecule has 0 radical (unpaired) electrons. The highest BCUT2D eigenvalue weighted by Gasteiger charge is 2.21. The molecule has 174 valence electrons. The molecule has 1 fully saturated rings. The molecule has 1 atom stereocenters. The van der Waals surface area contributed by atoms with Crippen LogP contribution in [0.5, 0.6) is 0 Å². The van der Waals surface area contributed by atoms with Crippen molar-refractivity contribution in [3.8, 4) is 11.4 Å². The van der Waals surface area contributed by atoms with E-state index in [4.69, 9.17) is 4.74 Å². The Kier molecular flexibility index (Phi) is 8.15. The molecule has 1 amide bonds. The minimum atomic E-state index is -0.0214. The van der Waals surface area contributed by atoms with Crippen LogP contribution in [0.3, 0.4) is 0 Å². The number of hydrogen-bond donors (Lipinski definition) is 1. The molecule has 8 heteroatoms. The van der Waals surface area contributed by atoms with E-state index in [2.05, 4.69) is 75.2 Å². The van der Waals surface area contributed by atoms with Gasteiger partial charge in [-0.2, -0.15) is 0 Å². The normalized spacial score (nSPS) is 16.6. The lowest BCUT2D eigenvalue weighted by molar-refractivity contribution is -0.119. The summed E-state index contributed by atoms with van der Waals surface area (Å²) in [4.78, 5) is 14.9. The second kappa shape index (κ2) is 11.4. The number of benzene rings is 2. The van der Waals surface area contributed by atoms with Crippen LogP contribution >= 0.6 is 11.8 Å². The van der Waals surface area contributed by atoms with Crippen LogP contribution in [-0.4, -0.2) is 63.7 Å². The number of amides is 1. The molecule has 1 saturated heterocycles. The summed E-state index contributed by atoms with van der Waals surface area (Å²) >= 11 is 1.42. The molecule has 1 N–H and O–H groups in total. The standard InChI is InChI=1S/C25H31N5O2S/c1-3-30-24(22-12-8-7-9-19(22)2)27-28-25(30)33-18-23(31)26-15-21-17-29(13-14-32-21)16-20-10-5-4-6-11-20/h4-12,21H,3,13-18H2,1-2H3,(H,26,31). The maximum Gasteiger partial charge on any atom is 0.230 e. The third kappa shape index (κ3) is 6.22. The highest BCUT2D eigenvalue weighted by atomic mass is 32.2. The molecule has 0 spiro atoms. The smallest absolute Gasteiger partial charge is 0.230 e. The van der Waals surface area contributed by atoms with E-state index >= 15 is 0 Å². The largest absolute Gasteiger partial charge is 0.374 e. The summed E-state index contributed by atoms with van der Waals surface area (Å²) in [5.41, 5.74) is 3.52. The highest BCUT2D eigenvalue weighted by Crippen LogP contribution is 2.26. The zero-order valence-corrected chi connectivity index (χ0v) is 20.1. The lowest BCUT2D eigenvalue weighted by atomic mass is 10.1. The number of carbonyl (C=O) groups is 1. The van der Waals surface area contributed by atoms with Crippen LogP contribution in [0.1, 0.15) is 18.1 Å². The first-order valence-corrected chi connectivity index (χ1v) is 12.4. The van der Waals surface area contributed by atoms with Crippen molar-refractivity contribution in [1.82, 2.24) is 25.0 Å². The second-order valence-corrected chi connectivity index (χ2v) is 9.11. The van der Waals surface area contributed by atoms with Crippen molar-refractivity contribution in [2.45, 2.75) is 38.2 Å². The fourth-order valence-electron chi connectivity index (χ4n) is 4.00. The predicted octanol–water partition coefficient (Wildman–Crippen LogP) is 3.38. The van der Waals surface area contributed by atoms with Gasteiger partial charge in [-0.3, -0.25) is 9.69 Å². The van der Waals surface area contributed by atoms with Crippen molar-refractivity contribution >= 4 is 17.7 Å². The lowest BCUT2D eigenvalue weighted by Crippen LogP contribution is -2.47. The van der Waals surface area contributed by atoms with Crippen LogP contribution in [0.25, 0.3) is 11.4 Å². The van der Waals surface area contributed by atoms with Crippen LogP contribution in [0.4, 0.5) is 0 Å². The van der Waals surface area contributed by atoms with E-state index in [0.29, 0.717) is 18.9 Å². The zero-order chi connectivity index (χ0) is 23.0. The minimum Gasteiger partial charge on any atom is -0.374 e. The molecule has 1 unspecified atom stereocenters. The molecule has 2 aromatic carbocycles. The van der Waals surface area contributed by atoms with Gasteiger partial charge < -0.3 is 14.6 Å². The third-order valence-electron chi connectivity index (χ3n) is 5.75. The molecular weight excluding hydrogens is 434 g/mol. The van der Waals surface area contributed by atoms with Crippen LogP contribution in [0, 0.1) is 6.92 Å². The van der Waals surface area contributed by atoms with Crippen molar-refractivity contribution in [3.05, 3.63) is 65.7 Å². The van der Waals surface area contributed by atoms with Gasteiger partial charge >= 0.3 is 0 Å². The molecule has 0 aliphatic carbocycles. The van der Waals surface area contributed by atoms with E-state index in [0.717, 1.165) is 48.3 Å². The zero-order valence-electron chi connectivity index (χ0n) is 19.2. The molecule has 0 saturated carbocycles. The monoisotopic (exact) mass is 465 g/mol. The minimum absolute atomic E-state index is 0.00312. The van der Waals surface area contributed by atoms with Gasteiger partial charge in [0.25, 0.3) is 0 Å². The van der Waals surface area contributed by atoms with Gasteiger partial charge in [0.15, 0.2) is 11.0 Å². The highest BCUT2D eigenvalue weighted by molar-refractivity contribution is 7.99. The van der Waals surface area contributed by atoms with Gasteiger partial charge in [0.2, 0.25) is 5.91 Å². The average Bonchev–Trinajstić information content (AvgIpc) is 3.25. The number of aryl methyl sites for hydroxylation is 1. The van der Waals surface area contributed by atoms with Crippen LogP contribution in [-0.2, 0) is 22.6 Å². The number of morpholine rings is 1. The maximum absolute atomic E-state index is 12.5. The first-order chi connectivity index (χ1) is 16.1. The fraction of sp³-hybridized carbons (Fsp3) is 0.400. The van der Waals surface area contributed by atoms with Crippen molar-refractivity contribution in [2.75, 3.05) is 32.0 Å². The molecule has 3 aromatic rings. The number of thioether (sulfide) groups is 1. The summed E-state index contributed by atoms with van der Waals surface area (Å²) < 4.78 is 7.93. The summed E-state index contributed by atoms with van der Waals surface area (Å²) in [5, 5.41) is 12.5. The van der Waals surface area contributed by atoms with E-state index in [1.54, 1.807) is 0 Å². The Bertz CT molecular complexity index is 1060. The molecule has 33 heavy (non-hydrogen) atoms. The molecule has 1 aliphatic rings. The second-order valence-electron chi connectivity index (χ2n) is 8.17.